The van der Waals surface area contributed by atoms with Gasteiger partial charge in [0.1, 0.15) is 24.4 Å². The van der Waals surface area contributed by atoms with Gasteiger partial charge in [-0.05, 0) is 36.8 Å². The number of benzene rings is 2. The standard InChI is InChI=1S/C26H27N5O4/c1-3-4-8-13-34-26(32)24-22-15-30-23(16-35-18-9-6-5-7-10-18)28-29-25(30)20-14-19(33-2)11-12-21(20)31(22)17-27-24/h5-7,9-12,14,17H,3-4,8,13,15-16H2,1-2H3. The molecule has 2 aromatic heterocycles. The van der Waals surface area contributed by atoms with Crippen LogP contribution in [0.5, 0.6) is 11.5 Å². The van der Waals surface area contributed by atoms with E-state index in [0.717, 1.165) is 36.3 Å². The molecular weight excluding hydrogens is 446 g/mol. The van der Waals surface area contributed by atoms with Gasteiger partial charge in [0.15, 0.2) is 17.3 Å². The molecule has 180 valence electrons. The third-order valence-electron chi connectivity index (χ3n) is 5.99. The number of aromatic nitrogens is 5. The molecule has 1 aliphatic rings. The van der Waals surface area contributed by atoms with Crippen LogP contribution < -0.4 is 9.47 Å². The van der Waals surface area contributed by atoms with Crippen molar-refractivity contribution in [3.8, 4) is 28.6 Å². The van der Waals surface area contributed by atoms with E-state index in [1.807, 2.05) is 57.7 Å². The maximum atomic E-state index is 12.9. The number of hydrogen-bond acceptors (Lipinski definition) is 7. The molecule has 9 heteroatoms. The molecule has 3 heterocycles. The molecular formula is C26H27N5O4. The van der Waals surface area contributed by atoms with E-state index in [9.17, 15) is 4.79 Å². The van der Waals surface area contributed by atoms with E-state index in [1.165, 1.54) is 0 Å². The van der Waals surface area contributed by atoms with Gasteiger partial charge < -0.3 is 18.8 Å². The summed E-state index contributed by atoms with van der Waals surface area (Å²) in [5.41, 5.74) is 2.65. The van der Waals surface area contributed by atoms with Crippen molar-refractivity contribution in [1.82, 2.24) is 24.3 Å². The van der Waals surface area contributed by atoms with Crippen molar-refractivity contribution in [2.45, 2.75) is 39.3 Å². The average molecular weight is 474 g/mol. The Hall–Kier alpha value is -4.14. The minimum Gasteiger partial charge on any atom is -0.497 e. The van der Waals surface area contributed by atoms with Gasteiger partial charge in [-0.2, -0.15) is 0 Å². The van der Waals surface area contributed by atoms with Crippen molar-refractivity contribution in [3.63, 3.8) is 0 Å². The van der Waals surface area contributed by atoms with Gasteiger partial charge >= 0.3 is 5.97 Å². The molecule has 0 radical (unpaired) electrons. The zero-order chi connectivity index (χ0) is 24.2. The molecule has 0 unspecified atom stereocenters. The molecule has 9 nitrogen and oxygen atoms in total. The van der Waals surface area contributed by atoms with Crippen LogP contribution in [0.2, 0.25) is 0 Å². The lowest BCUT2D eigenvalue weighted by atomic mass is 10.1. The Balaban J connectivity index is 1.53. The molecule has 5 rings (SSSR count). The van der Waals surface area contributed by atoms with Crippen molar-refractivity contribution in [1.29, 1.82) is 0 Å². The van der Waals surface area contributed by atoms with Crippen LogP contribution in [-0.4, -0.2) is 44.0 Å². The highest BCUT2D eigenvalue weighted by Crippen LogP contribution is 2.35. The lowest BCUT2D eigenvalue weighted by molar-refractivity contribution is 0.0490. The Labute approximate surface area is 203 Å². The second-order valence-electron chi connectivity index (χ2n) is 8.26. The van der Waals surface area contributed by atoms with E-state index in [1.54, 1.807) is 13.4 Å². The van der Waals surface area contributed by atoms with Gasteiger partial charge in [-0.15, -0.1) is 10.2 Å². The second-order valence-corrected chi connectivity index (χ2v) is 8.26. The Morgan fingerprint density at radius 1 is 1.06 bits per heavy atom. The van der Waals surface area contributed by atoms with E-state index in [2.05, 4.69) is 22.1 Å². The van der Waals surface area contributed by atoms with Crippen molar-refractivity contribution in [2.75, 3.05) is 13.7 Å². The SMILES string of the molecule is CCCCCOC(=O)c1ncn2c1Cn1c(COc3ccccc3)nnc1-c1cc(OC)ccc1-2. The van der Waals surface area contributed by atoms with E-state index in [-0.39, 0.29) is 6.61 Å². The highest BCUT2D eigenvalue weighted by atomic mass is 16.5. The number of imidazole rings is 1. The molecule has 0 fully saturated rings. The lowest BCUT2D eigenvalue weighted by Gasteiger charge is -2.11. The first-order chi connectivity index (χ1) is 17.2. The number of carbonyl (C=O) groups excluding carboxylic acids is 1. The summed E-state index contributed by atoms with van der Waals surface area (Å²) in [5, 5.41) is 8.89. The maximum absolute atomic E-state index is 12.9. The predicted octanol–water partition coefficient (Wildman–Crippen LogP) is 4.43. The molecule has 2 aromatic carbocycles. The number of carbonyl (C=O) groups is 1. The number of hydrogen-bond donors (Lipinski definition) is 0. The molecule has 0 aliphatic carbocycles. The van der Waals surface area contributed by atoms with Crippen molar-refractivity contribution in [3.05, 3.63) is 72.1 Å². The number of unbranched alkanes of at least 4 members (excludes halogenated alkanes) is 2. The minimum absolute atomic E-state index is 0.223. The van der Waals surface area contributed by atoms with Crippen molar-refractivity contribution < 1.29 is 19.0 Å². The van der Waals surface area contributed by atoms with Crippen LogP contribution in [0, 0.1) is 0 Å². The Morgan fingerprint density at radius 3 is 2.71 bits per heavy atom. The molecule has 0 saturated carbocycles. The first-order valence-corrected chi connectivity index (χ1v) is 11.7. The van der Waals surface area contributed by atoms with Gasteiger partial charge in [0.05, 0.1) is 31.6 Å². The normalized spacial score (nSPS) is 11.7. The van der Waals surface area contributed by atoms with Crippen LogP contribution in [0.15, 0.2) is 54.9 Å². The molecule has 4 aromatic rings. The number of para-hydroxylation sites is 1. The monoisotopic (exact) mass is 473 g/mol. The van der Waals surface area contributed by atoms with Gasteiger partial charge in [0, 0.05) is 5.56 Å². The summed E-state index contributed by atoms with van der Waals surface area (Å²) in [5.74, 6) is 2.30. The number of nitrogens with zero attached hydrogens (tertiary/aromatic N) is 5. The van der Waals surface area contributed by atoms with Crippen LogP contribution in [0.1, 0.15) is 48.2 Å². The third-order valence-corrected chi connectivity index (χ3v) is 5.99. The largest absolute Gasteiger partial charge is 0.497 e. The van der Waals surface area contributed by atoms with E-state index >= 15 is 0 Å². The fourth-order valence-electron chi connectivity index (χ4n) is 4.14. The highest BCUT2D eigenvalue weighted by molar-refractivity contribution is 5.89. The van der Waals surface area contributed by atoms with Crippen LogP contribution in [0.3, 0.4) is 0 Å². The smallest absolute Gasteiger partial charge is 0.358 e. The first-order valence-electron chi connectivity index (χ1n) is 11.7. The van der Waals surface area contributed by atoms with E-state index < -0.39 is 5.97 Å². The van der Waals surface area contributed by atoms with Crippen molar-refractivity contribution in [2.24, 2.45) is 0 Å². The third kappa shape index (κ3) is 4.49. The van der Waals surface area contributed by atoms with Gasteiger partial charge in [0.25, 0.3) is 0 Å². The number of rotatable bonds is 9. The highest BCUT2D eigenvalue weighted by Gasteiger charge is 2.29. The summed E-state index contributed by atoms with van der Waals surface area (Å²) in [6.45, 7) is 3.05. The average Bonchev–Trinajstić information content (AvgIpc) is 3.47. The Kier molecular flexibility index (Phi) is 6.47. The number of ether oxygens (including phenoxy) is 3. The van der Waals surface area contributed by atoms with Crippen molar-refractivity contribution >= 4 is 5.97 Å². The number of esters is 1. The summed E-state index contributed by atoms with van der Waals surface area (Å²) < 4.78 is 20.8. The van der Waals surface area contributed by atoms with Crippen LogP contribution in [-0.2, 0) is 17.9 Å². The second kappa shape index (κ2) is 10.0. The van der Waals surface area contributed by atoms with Gasteiger partial charge in [0.2, 0.25) is 0 Å². The molecule has 0 bridgehead atoms. The summed E-state index contributed by atoms with van der Waals surface area (Å²) >= 11 is 0. The zero-order valence-corrected chi connectivity index (χ0v) is 19.8. The van der Waals surface area contributed by atoms with E-state index in [4.69, 9.17) is 14.2 Å². The van der Waals surface area contributed by atoms with Crippen LogP contribution >= 0.6 is 0 Å². The van der Waals surface area contributed by atoms with Gasteiger partial charge in [-0.1, -0.05) is 38.0 Å². The molecule has 0 amide bonds. The summed E-state index contributed by atoms with van der Waals surface area (Å²) in [6, 6.07) is 15.3. The minimum atomic E-state index is -0.427. The van der Waals surface area contributed by atoms with Gasteiger partial charge in [-0.3, -0.25) is 4.57 Å². The topological polar surface area (TPSA) is 93.3 Å². The molecule has 35 heavy (non-hydrogen) atoms. The molecule has 0 atom stereocenters. The van der Waals surface area contributed by atoms with Gasteiger partial charge in [-0.25, -0.2) is 9.78 Å². The number of fused-ring (bicyclic) bond motifs is 5. The Morgan fingerprint density at radius 2 is 1.91 bits per heavy atom. The predicted molar refractivity (Wildman–Crippen MR) is 129 cm³/mol. The fraction of sp³-hybridized carbons (Fsp3) is 0.308. The molecule has 0 spiro atoms. The zero-order valence-electron chi connectivity index (χ0n) is 19.8. The lowest BCUT2D eigenvalue weighted by Crippen LogP contribution is -2.15. The summed E-state index contributed by atoms with van der Waals surface area (Å²) in [4.78, 5) is 17.4. The molecule has 1 aliphatic heterocycles. The van der Waals surface area contributed by atoms with E-state index in [0.29, 0.717) is 41.9 Å². The van der Waals surface area contributed by atoms with Crippen LogP contribution in [0.4, 0.5) is 0 Å². The fourth-order valence-corrected chi connectivity index (χ4v) is 4.14. The summed E-state index contributed by atoms with van der Waals surface area (Å²) in [6.07, 6.45) is 4.56. The number of methoxy groups -OCH3 is 1. The maximum Gasteiger partial charge on any atom is 0.358 e. The molecule has 0 N–H and O–H groups in total. The summed E-state index contributed by atoms with van der Waals surface area (Å²) in [7, 11) is 1.62. The molecule has 0 saturated heterocycles. The Bertz CT molecular complexity index is 1330. The quantitative estimate of drug-likeness (QED) is 0.231. The van der Waals surface area contributed by atoms with Crippen LogP contribution in [0.25, 0.3) is 17.1 Å². The first kappa shape index (κ1) is 22.6.